The summed E-state index contributed by atoms with van der Waals surface area (Å²) < 4.78 is 61.4. The van der Waals surface area contributed by atoms with Crippen molar-refractivity contribution in [1.29, 1.82) is 0 Å². The summed E-state index contributed by atoms with van der Waals surface area (Å²) in [7, 11) is -4.12. The lowest BCUT2D eigenvalue weighted by Gasteiger charge is -2.32. The van der Waals surface area contributed by atoms with Gasteiger partial charge in [0, 0.05) is 17.5 Å². The van der Waals surface area contributed by atoms with E-state index in [9.17, 15) is 36.4 Å². The normalized spacial score (nSPS) is 26.3. The van der Waals surface area contributed by atoms with E-state index in [1.54, 1.807) is 0 Å². The minimum absolute atomic E-state index is 0.113. The first-order valence-electron chi connectivity index (χ1n) is 20.3. The van der Waals surface area contributed by atoms with Crippen LogP contribution >= 0.6 is 0 Å². The largest absolute Gasteiger partial charge is 0.446 e. The van der Waals surface area contributed by atoms with Crippen molar-refractivity contribution >= 4 is 39.5 Å². The maximum atomic E-state index is 14.7. The van der Waals surface area contributed by atoms with E-state index in [4.69, 9.17) is 9.57 Å². The van der Waals surface area contributed by atoms with Gasteiger partial charge in [0.25, 0.3) is 5.91 Å². The van der Waals surface area contributed by atoms with Crippen LogP contribution < -0.4 is 15.4 Å². The lowest BCUT2D eigenvalue weighted by molar-refractivity contribution is -0.141. The van der Waals surface area contributed by atoms with Crippen molar-refractivity contribution in [2.75, 3.05) is 6.54 Å². The first kappa shape index (κ1) is 39.2. The third-order valence-corrected chi connectivity index (χ3v) is 14.3. The number of nitrogens with one attached hydrogen (secondary N) is 3. The van der Waals surface area contributed by atoms with Crippen LogP contribution in [0.1, 0.15) is 101 Å². The Hall–Kier alpha value is -4.60. The van der Waals surface area contributed by atoms with E-state index in [-0.39, 0.29) is 25.0 Å². The molecule has 3 N–H and O–H groups in total. The number of fused-ring (bicyclic) bond motifs is 3. The average molecular weight is 810 g/mol. The number of hydrogen-bond donors (Lipinski definition) is 3. The van der Waals surface area contributed by atoms with E-state index < -0.39 is 81.6 Å². The number of oxime groups is 1. The Labute approximate surface area is 330 Å². The van der Waals surface area contributed by atoms with E-state index in [1.165, 1.54) is 4.90 Å². The fraction of sp³-hybridized carbons (Fsp3) is 0.585. The molecule has 5 aliphatic carbocycles. The number of nitrogens with zero attached hydrogens (tertiary/aromatic N) is 2. The maximum Gasteiger partial charge on any atom is 0.408 e. The van der Waals surface area contributed by atoms with Crippen molar-refractivity contribution in [1.82, 2.24) is 20.3 Å². The number of amides is 4. The highest BCUT2D eigenvalue weighted by Gasteiger charge is 2.66. The average Bonchev–Trinajstić information content (AvgIpc) is 4.05. The van der Waals surface area contributed by atoms with Gasteiger partial charge in [-0.05, 0) is 68.4 Å². The number of rotatable bonds is 13. The number of sulfonamides is 1. The Morgan fingerprint density at radius 1 is 0.842 bits per heavy atom. The molecule has 0 bridgehead atoms. The van der Waals surface area contributed by atoms with Gasteiger partial charge in [0.15, 0.2) is 0 Å². The zero-order valence-electron chi connectivity index (χ0n) is 31.7. The molecule has 13 nitrogen and oxygen atoms in total. The fourth-order valence-electron chi connectivity index (χ4n) is 9.14. The summed E-state index contributed by atoms with van der Waals surface area (Å²) in [6, 6.07) is 13.1. The molecule has 57 heavy (non-hydrogen) atoms. The van der Waals surface area contributed by atoms with Crippen LogP contribution in [0.5, 0.6) is 0 Å². The lowest BCUT2D eigenvalue weighted by atomic mass is 9.84. The number of alkyl carbamates (subject to hydrolysis) is 1. The molecule has 0 aromatic heterocycles. The van der Waals surface area contributed by atoms with Gasteiger partial charge in [0.1, 0.15) is 35.5 Å². The number of carbonyl (C=O) groups is 4. The van der Waals surface area contributed by atoms with Crippen LogP contribution in [0.3, 0.4) is 0 Å². The van der Waals surface area contributed by atoms with Crippen molar-refractivity contribution in [3.63, 3.8) is 0 Å². The molecule has 4 amide bonds. The number of benzene rings is 2. The first-order chi connectivity index (χ1) is 27.4. The zero-order chi connectivity index (χ0) is 39.9. The van der Waals surface area contributed by atoms with Crippen LogP contribution in [0.25, 0.3) is 11.1 Å². The molecule has 4 saturated carbocycles. The molecule has 0 spiro atoms. The summed E-state index contributed by atoms with van der Waals surface area (Å²) in [4.78, 5) is 63.1. The fourth-order valence-corrected chi connectivity index (χ4v) is 10.5. The second-order valence-electron chi connectivity index (χ2n) is 16.5. The van der Waals surface area contributed by atoms with Crippen LogP contribution in [0.4, 0.5) is 13.6 Å². The Morgan fingerprint density at radius 2 is 1.46 bits per heavy atom. The third kappa shape index (κ3) is 8.24. The van der Waals surface area contributed by atoms with Crippen LogP contribution in [0.15, 0.2) is 53.7 Å². The molecule has 5 atom stereocenters. The van der Waals surface area contributed by atoms with Gasteiger partial charge in [0.05, 0.1) is 17.7 Å². The first-order valence-corrected chi connectivity index (χ1v) is 21.8. The second kappa shape index (κ2) is 16.0. The Bertz CT molecular complexity index is 1990. The van der Waals surface area contributed by atoms with Crippen LogP contribution in [-0.2, 0) is 34.0 Å². The second-order valence-corrected chi connectivity index (χ2v) is 18.5. The third-order valence-electron chi connectivity index (χ3n) is 12.5. The summed E-state index contributed by atoms with van der Waals surface area (Å²) in [6.07, 6.45) is 3.68. The van der Waals surface area contributed by atoms with Crippen LogP contribution in [0.2, 0.25) is 0 Å². The van der Waals surface area contributed by atoms with E-state index in [0.29, 0.717) is 25.0 Å². The molecule has 16 heteroatoms. The van der Waals surface area contributed by atoms with Gasteiger partial charge >= 0.3 is 6.09 Å². The molecule has 6 aliphatic rings. The van der Waals surface area contributed by atoms with Crippen molar-refractivity contribution in [2.24, 2.45) is 17.0 Å². The zero-order valence-corrected chi connectivity index (χ0v) is 32.5. The molecule has 306 valence electrons. The molecule has 1 unspecified atom stereocenters. The highest BCUT2D eigenvalue weighted by Crippen LogP contribution is 2.48. The quantitative estimate of drug-likeness (QED) is 0.199. The van der Waals surface area contributed by atoms with Crippen molar-refractivity contribution in [3.05, 3.63) is 59.7 Å². The topological polar surface area (TPSA) is 173 Å². The molecule has 2 aromatic carbocycles. The van der Waals surface area contributed by atoms with Crippen molar-refractivity contribution in [2.45, 2.75) is 131 Å². The number of halogens is 2. The monoisotopic (exact) mass is 809 g/mol. The summed E-state index contributed by atoms with van der Waals surface area (Å²) >= 11 is 0. The van der Waals surface area contributed by atoms with Crippen molar-refractivity contribution in [3.8, 4) is 11.1 Å². The molecule has 1 aliphatic heterocycles. The number of likely N-dealkylation sites (tertiary alicyclic amines) is 1. The molecule has 8 rings (SSSR count). The molecular weight excluding hydrogens is 761 g/mol. The maximum absolute atomic E-state index is 14.7. The molecule has 0 radical (unpaired) electrons. The van der Waals surface area contributed by atoms with E-state index >= 15 is 0 Å². The SMILES string of the molecule is O=C(N[C@@H](CC1CCCCC1)C(=O)N1C[C@H](ON=C2c3ccccc3-c3ccccc32)CC1C(=O)N[C@@]1(C(=O)NS(=O)(=O)C2CC2)C[C@H]1C(F)F)OC1CCCC1. The summed E-state index contributed by atoms with van der Waals surface area (Å²) in [5.74, 6) is -4.21. The van der Waals surface area contributed by atoms with Crippen LogP contribution in [-0.4, -0.2) is 90.9 Å². The summed E-state index contributed by atoms with van der Waals surface area (Å²) in [5, 5.41) is 9.03. The predicted octanol–water partition coefficient (Wildman–Crippen LogP) is 5.16. The van der Waals surface area contributed by atoms with Gasteiger partial charge in [-0.2, -0.15) is 0 Å². The summed E-state index contributed by atoms with van der Waals surface area (Å²) in [6.45, 7) is -0.134. The molecular formula is C41H49F2N5O8S. The van der Waals surface area contributed by atoms with Gasteiger partial charge in [-0.15, -0.1) is 0 Å². The van der Waals surface area contributed by atoms with Gasteiger partial charge < -0.3 is 25.1 Å². The van der Waals surface area contributed by atoms with Crippen molar-refractivity contribution < 1.29 is 46.0 Å². The Morgan fingerprint density at radius 3 is 2.05 bits per heavy atom. The van der Waals surface area contributed by atoms with Gasteiger partial charge in [0.2, 0.25) is 28.3 Å². The van der Waals surface area contributed by atoms with Gasteiger partial charge in [-0.1, -0.05) is 85.8 Å². The number of hydrogen-bond acceptors (Lipinski definition) is 9. The van der Waals surface area contributed by atoms with Gasteiger partial charge in [-0.25, -0.2) is 22.0 Å². The minimum Gasteiger partial charge on any atom is -0.446 e. The summed E-state index contributed by atoms with van der Waals surface area (Å²) in [5.41, 5.74) is 2.02. The van der Waals surface area contributed by atoms with E-state index in [1.807, 2.05) is 53.3 Å². The highest BCUT2D eigenvalue weighted by molar-refractivity contribution is 7.91. The predicted molar refractivity (Wildman–Crippen MR) is 204 cm³/mol. The number of alkyl halides is 2. The van der Waals surface area contributed by atoms with Crippen LogP contribution in [0, 0.1) is 11.8 Å². The van der Waals surface area contributed by atoms with E-state index in [2.05, 4.69) is 15.8 Å². The minimum atomic E-state index is -4.12. The Balaban J connectivity index is 1.07. The molecule has 2 aromatic rings. The molecule has 5 fully saturated rings. The lowest BCUT2D eigenvalue weighted by Crippen LogP contribution is -2.59. The van der Waals surface area contributed by atoms with Gasteiger partial charge in [-0.3, -0.25) is 19.1 Å². The Kier molecular flexibility index (Phi) is 11.0. The smallest absolute Gasteiger partial charge is 0.408 e. The number of ether oxygens (including phenoxy) is 1. The number of carbonyl (C=O) groups excluding carboxylic acids is 4. The standard InChI is InChI=1S/C41H49F2N5O8S/c42-36(43)32-22-41(32,39(51)47-57(53,54)27-18-19-27)45-37(49)34-21-26(56-46-35-30-16-8-6-14-28(30)29-15-7-9-17-31(29)35)23-48(34)38(50)33(20-24-10-2-1-3-11-24)44-40(52)55-25-12-4-5-13-25/h6-9,14-17,24-27,32-34,36H,1-5,10-13,18-23H2,(H,44,52)(H,45,49)(H,47,51)/t26-,32+,33+,34?,41+/m1/s1. The molecule has 1 heterocycles. The molecule has 1 saturated heterocycles. The van der Waals surface area contributed by atoms with E-state index in [0.717, 1.165) is 80.0 Å². The highest BCUT2D eigenvalue weighted by atomic mass is 32.2.